The number of rotatable bonds is 12. The number of amides is 1. The molecule has 4 nitrogen and oxygen atoms in total. The van der Waals surface area contributed by atoms with E-state index in [1.807, 2.05) is 43.4 Å². The van der Waals surface area contributed by atoms with Gasteiger partial charge in [0, 0.05) is 25.3 Å². The molecular weight excluding hydrogens is 362 g/mol. The van der Waals surface area contributed by atoms with Gasteiger partial charge in [0.1, 0.15) is 5.78 Å². The first-order valence-corrected chi connectivity index (χ1v) is 10.6. The summed E-state index contributed by atoms with van der Waals surface area (Å²) < 4.78 is 0. The summed E-state index contributed by atoms with van der Waals surface area (Å²) in [5.74, 6) is 0.204. The lowest BCUT2D eigenvalue weighted by Gasteiger charge is -2.10. The molecule has 0 radical (unpaired) electrons. The van der Waals surface area contributed by atoms with Crippen molar-refractivity contribution in [1.29, 1.82) is 0 Å². The van der Waals surface area contributed by atoms with E-state index < -0.39 is 6.10 Å². The molecule has 1 aliphatic rings. The number of unbranched alkanes of at least 4 members (excludes halogenated alkanes) is 1. The van der Waals surface area contributed by atoms with Crippen LogP contribution >= 0.6 is 0 Å². The molecule has 1 aromatic carbocycles. The monoisotopic (exact) mass is 395 g/mol. The van der Waals surface area contributed by atoms with Gasteiger partial charge < -0.3 is 10.4 Å². The van der Waals surface area contributed by atoms with Crippen molar-refractivity contribution in [1.82, 2.24) is 5.32 Å². The van der Waals surface area contributed by atoms with Crippen LogP contribution in [0.1, 0.15) is 51.0 Å². The van der Waals surface area contributed by atoms with Crippen molar-refractivity contribution in [2.45, 2.75) is 58.0 Å². The van der Waals surface area contributed by atoms with Crippen LogP contribution in [0.4, 0.5) is 0 Å². The highest BCUT2D eigenvalue weighted by atomic mass is 16.3. The van der Waals surface area contributed by atoms with Crippen LogP contribution in [0.3, 0.4) is 0 Å². The van der Waals surface area contributed by atoms with Crippen LogP contribution in [-0.2, 0) is 16.0 Å². The van der Waals surface area contributed by atoms with Gasteiger partial charge in [-0.05, 0) is 50.2 Å². The molecule has 1 amide bonds. The van der Waals surface area contributed by atoms with Crippen LogP contribution in [0.5, 0.6) is 0 Å². The number of nitrogens with one attached hydrogen (secondary N) is 1. The molecule has 0 bridgehead atoms. The lowest BCUT2D eigenvalue weighted by atomic mass is 9.95. The largest absolute Gasteiger partial charge is 0.389 e. The molecule has 1 aliphatic carbocycles. The van der Waals surface area contributed by atoms with Crippen molar-refractivity contribution >= 4 is 11.7 Å². The van der Waals surface area contributed by atoms with Gasteiger partial charge in [-0.25, -0.2) is 0 Å². The maximum absolute atomic E-state index is 12.2. The van der Waals surface area contributed by atoms with Crippen molar-refractivity contribution < 1.29 is 14.7 Å². The van der Waals surface area contributed by atoms with E-state index in [0.29, 0.717) is 32.2 Å². The number of aryl methyl sites for hydroxylation is 1. The van der Waals surface area contributed by atoms with Gasteiger partial charge in [0.2, 0.25) is 5.91 Å². The summed E-state index contributed by atoms with van der Waals surface area (Å²) in [4.78, 5) is 23.6. The first-order chi connectivity index (χ1) is 14.1. The minimum Gasteiger partial charge on any atom is -0.389 e. The fraction of sp³-hybridized carbons (Fsp3) is 0.440. The highest BCUT2D eigenvalue weighted by Crippen LogP contribution is 2.27. The topological polar surface area (TPSA) is 66.4 Å². The first kappa shape index (κ1) is 22.8. The van der Waals surface area contributed by atoms with Crippen molar-refractivity contribution in [3.8, 4) is 0 Å². The summed E-state index contributed by atoms with van der Waals surface area (Å²) in [7, 11) is 0. The van der Waals surface area contributed by atoms with Crippen LogP contribution < -0.4 is 5.32 Å². The second kappa shape index (κ2) is 12.9. The number of aliphatic hydroxyl groups excluding tert-OH is 1. The van der Waals surface area contributed by atoms with Gasteiger partial charge in [-0.1, -0.05) is 60.7 Å². The minimum absolute atomic E-state index is 0.0908. The SMILES string of the molecule is CCNC(=O)CCCC=CC[C@H]1C(=O)CC=C1C=CC(O)CCc1ccccc1. The van der Waals surface area contributed by atoms with E-state index in [9.17, 15) is 14.7 Å². The molecule has 0 saturated carbocycles. The molecule has 0 saturated heterocycles. The molecule has 0 aromatic heterocycles. The Morgan fingerprint density at radius 1 is 1.28 bits per heavy atom. The standard InChI is InChI=1S/C25H33NO3/c1-2-26-25(29)13-9-4-3-8-12-23-21(16-19-24(23)28)15-18-22(27)17-14-20-10-6-5-7-11-20/h3,5-8,10-11,15-16,18,22-23,27H,2,4,9,12-14,17,19H2,1H3,(H,26,29)/t22?,23-/m1/s1. The number of aliphatic hydroxyl groups is 1. The lowest BCUT2D eigenvalue weighted by molar-refractivity contribution is -0.121. The Hall–Kier alpha value is -2.46. The van der Waals surface area contributed by atoms with Gasteiger partial charge in [-0.15, -0.1) is 0 Å². The van der Waals surface area contributed by atoms with Crippen LogP contribution in [0.2, 0.25) is 0 Å². The number of ketones is 1. The summed E-state index contributed by atoms with van der Waals surface area (Å²) in [6.45, 7) is 2.58. The van der Waals surface area contributed by atoms with Gasteiger partial charge in [-0.3, -0.25) is 9.59 Å². The molecule has 1 unspecified atom stereocenters. The number of Topliss-reactive ketones (excluding diaryl/α,β-unsaturated/α-hetero) is 1. The number of carbonyl (C=O) groups excluding carboxylic acids is 2. The van der Waals surface area contributed by atoms with E-state index in [1.54, 1.807) is 6.08 Å². The van der Waals surface area contributed by atoms with Crippen molar-refractivity contribution in [2.24, 2.45) is 5.92 Å². The van der Waals surface area contributed by atoms with E-state index in [1.165, 1.54) is 5.56 Å². The molecule has 2 rings (SSSR count). The summed E-state index contributed by atoms with van der Waals surface area (Å²) >= 11 is 0. The predicted molar refractivity (Wildman–Crippen MR) is 117 cm³/mol. The average Bonchev–Trinajstić information content (AvgIpc) is 3.08. The highest BCUT2D eigenvalue weighted by molar-refractivity contribution is 5.89. The molecule has 0 heterocycles. The minimum atomic E-state index is -0.516. The Labute approximate surface area is 174 Å². The third-order valence-corrected chi connectivity index (χ3v) is 5.10. The second-order valence-electron chi connectivity index (χ2n) is 7.43. The summed E-state index contributed by atoms with van der Waals surface area (Å²) in [5.41, 5.74) is 2.21. The smallest absolute Gasteiger partial charge is 0.219 e. The molecule has 156 valence electrons. The number of allylic oxidation sites excluding steroid dienone is 5. The zero-order chi connectivity index (χ0) is 20.9. The first-order valence-electron chi connectivity index (χ1n) is 10.6. The predicted octanol–water partition coefficient (Wildman–Crippen LogP) is 4.30. The number of hydrogen-bond acceptors (Lipinski definition) is 3. The van der Waals surface area contributed by atoms with E-state index in [2.05, 4.69) is 23.5 Å². The Balaban J connectivity index is 1.73. The quantitative estimate of drug-likeness (QED) is 0.409. The molecule has 2 N–H and O–H groups in total. The maximum atomic E-state index is 12.2. The fourth-order valence-electron chi connectivity index (χ4n) is 3.43. The molecule has 0 aliphatic heterocycles. The maximum Gasteiger partial charge on any atom is 0.219 e. The molecule has 29 heavy (non-hydrogen) atoms. The second-order valence-corrected chi connectivity index (χ2v) is 7.43. The van der Waals surface area contributed by atoms with Crippen LogP contribution in [-0.4, -0.2) is 29.4 Å². The Morgan fingerprint density at radius 3 is 2.83 bits per heavy atom. The van der Waals surface area contributed by atoms with Crippen LogP contribution in [0, 0.1) is 5.92 Å². The Morgan fingerprint density at radius 2 is 2.07 bits per heavy atom. The molecule has 4 heteroatoms. The van der Waals surface area contributed by atoms with Gasteiger partial charge in [-0.2, -0.15) is 0 Å². The van der Waals surface area contributed by atoms with E-state index in [0.717, 1.165) is 24.8 Å². The van der Waals surface area contributed by atoms with Crippen LogP contribution in [0.25, 0.3) is 0 Å². The third kappa shape index (κ3) is 8.61. The zero-order valence-corrected chi connectivity index (χ0v) is 17.3. The highest BCUT2D eigenvalue weighted by Gasteiger charge is 2.24. The fourth-order valence-corrected chi connectivity index (χ4v) is 3.43. The van der Waals surface area contributed by atoms with Gasteiger partial charge in [0.25, 0.3) is 0 Å². The normalized spacial score (nSPS) is 17.8. The van der Waals surface area contributed by atoms with E-state index in [4.69, 9.17) is 0 Å². The molecular formula is C25H33NO3. The van der Waals surface area contributed by atoms with Gasteiger partial charge >= 0.3 is 0 Å². The zero-order valence-electron chi connectivity index (χ0n) is 17.3. The van der Waals surface area contributed by atoms with Crippen molar-refractivity contribution in [3.05, 3.63) is 71.8 Å². The molecule has 0 fully saturated rings. The lowest BCUT2D eigenvalue weighted by Crippen LogP contribution is -2.21. The van der Waals surface area contributed by atoms with Gasteiger partial charge in [0.05, 0.1) is 6.10 Å². The van der Waals surface area contributed by atoms with Crippen molar-refractivity contribution in [3.63, 3.8) is 0 Å². The number of benzene rings is 1. The number of hydrogen-bond donors (Lipinski definition) is 2. The van der Waals surface area contributed by atoms with Crippen LogP contribution in [0.15, 0.2) is 66.3 Å². The number of carbonyl (C=O) groups is 2. The summed E-state index contributed by atoms with van der Waals surface area (Å²) in [6.07, 6.45) is 14.1. The molecule has 1 aromatic rings. The van der Waals surface area contributed by atoms with Crippen molar-refractivity contribution in [2.75, 3.05) is 6.54 Å². The third-order valence-electron chi connectivity index (χ3n) is 5.10. The summed E-state index contributed by atoms with van der Waals surface area (Å²) in [5, 5.41) is 13.0. The molecule has 2 atom stereocenters. The Kier molecular flexibility index (Phi) is 10.1. The molecule has 0 spiro atoms. The summed E-state index contributed by atoms with van der Waals surface area (Å²) in [6, 6.07) is 10.1. The van der Waals surface area contributed by atoms with E-state index >= 15 is 0 Å². The average molecular weight is 396 g/mol. The van der Waals surface area contributed by atoms with E-state index in [-0.39, 0.29) is 17.6 Å². The Bertz CT molecular complexity index is 734. The van der Waals surface area contributed by atoms with Gasteiger partial charge in [0.15, 0.2) is 0 Å².